The monoisotopic (exact) mass is 410 g/mol. The number of sulfonamides is 1. The Kier molecular flexibility index (Phi) is 6.19. The van der Waals surface area contributed by atoms with Crippen molar-refractivity contribution < 1.29 is 22.8 Å². The van der Waals surface area contributed by atoms with Gasteiger partial charge in [-0.2, -0.15) is 4.31 Å². The van der Waals surface area contributed by atoms with Crippen LogP contribution < -0.4 is 5.32 Å². The number of hydrogen-bond donors (Lipinski definition) is 1. The Morgan fingerprint density at radius 1 is 1.11 bits per heavy atom. The molecular formula is C18H26N4O5S. The van der Waals surface area contributed by atoms with Crippen LogP contribution >= 0.6 is 0 Å². The fourth-order valence-corrected chi connectivity index (χ4v) is 5.15. The first-order valence-electron chi connectivity index (χ1n) is 9.58. The number of aromatic nitrogens is 1. The summed E-state index contributed by atoms with van der Waals surface area (Å²) in [4.78, 5) is 36.9. The number of amides is 3. The third-order valence-corrected chi connectivity index (χ3v) is 7.03. The van der Waals surface area contributed by atoms with Crippen molar-refractivity contribution in [1.82, 2.24) is 19.1 Å². The van der Waals surface area contributed by atoms with Crippen LogP contribution in [0.3, 0.4) is 0 Å². The second-order valence-electron chi connectivity index (χ2n) is 7.19. The summed E-state index contributed by atoms with van der Waals surface area (Å²) in [6.07, 6.45) is 5.14. The number of hydrogen-bond acceptors (Lipinski definition) is 5. The SMILES string of the molecule is Cn1cc(S(=O)(=O)N2CCCCC2)cc1C(=O)NCCCN1C(=O)CCC1=O. The van der Waals surface area contributed by atoms with Crippen molar-refractivity contribution in [1.29, 1.82) is 0 Å². The van der Waals surface area contributed by atoms with E-state index in [0.29, 0.717) is 19.5 Å². The van der Waals surface area contributed by atoms with Crippen LogP contribution in [0.1, 0.15) is 49.0 Å². The minimum atomic E-state index is -3.59. The van der Waals surface area contributed by atoms with Crippen molar-refractivity contribution in [2.45, 2.75) is 43.4 Å². The lowest BCUT2D eigenvalue weighted by atomic mass is 10.2. The molecule has 2 saturated heterocycles. The van der Waals surface area contributed by atoms with Gasteiger partial charge >= 0.3 is 0 Å². The standard InChI is InChI=1S/C18H26N4O5S/c1-20-13-14(28(26,27)21-9-3-2-4-10-21)12-15(20)18(25)19-8-5-11-22-16(23)6-7-17(22)24/h12-13H,2-11H2,1H3,(H,19,25). The molecule has 9 nitrogen and oxygen atoms in total. The molecule has 154 valence electrons. The molecule has 2 aliphatic rings. The molecule has 0 atom stereocenters. The lowest BCUT2D eigenvalue weighted by molar-refractivity contribution is -0.138. The van der Waals surface area contributed by atoms with Gasteiger partial charge in [-0.3, -0.25) is 19.3 Å². The fourth-order valence-electron chi connectivity index (χ4n) is 3.56. The van der Waals surface area contributed by atoms with Gasteiger partial charge in [0.15, 0.2) is 0 Å². The van der Waals surface area contributed by atoms with Gasteiger partial charge < -0.3 is 9.88 Å². The maximum Gasteiger partial charge on any atom is 0.267 e. The Balaban J connectivity index is 1.57. The molecule has 1 N–H and O–H groups in total. The zero-order valence-corrected chi connectivity index (χ0v) is 16.8. The van der Waals surface area contributed by atoms with E-state index in [-0.39, 0.29) is 54.2 Å². The van der Waals surface area contributed by atoms with Crippen LogP contribution in [0.5, 0.6) is 0 Å². The van der Waals surface area contributed by atoms with Crippen LogP contribution in [0, 0.1) is 0 Å². The van der Waals surface area contributed by atoms with Crippen LogP contribution in [0.4, 0.5) is 0 Å². The molecule has 0 unspecified atom stereocenters. The first-order valence-corrected chi connectivity index (χ1v) is 11.0. The largest absolute Gasteiger partial charge is 0.351 e. The second kappa shape index (κ2) is 8.44. The Morgan fingerprint density at radius 3 is 2.39 bits per heavy atom. The van der Waals surface area contributed by atoms with E-state index in [2.05, 4.69) is 5.32 Å². The van der Waals surface area contributed by atoms with Crippen molar-refractivity contribution in [2.75, 3.05) is 26.2 Å². The van der Waals surface area contributed by atoms with Crippen LogP contribution in [0.25, 0.3) is 0 Å². The number of rotatable bonds is 7. The van der Waals surface area contributed by atoms with Gasteiger partial charge in [-0.05, 0) is 25.3 Å². The minimum absolute atomic E-state index is 0.121. The zero-order valence-electron chi connectivity index (χ0n) is 16.0. The Morgan fingerprint density at radius 2 is 1.75 bits per heavy atom. The van der Waals surface area contributed by atoms with Gasteiger partial charge in [0.05, 0.1) is 0 Å². The van der Waals surface area contributed by atoms with Gasteiger partial charge in [-0.1, -0.05) is 6.42 Å². The molecule has 0 spiro atoms. The van der Waals surface area contributed by atoms with E-state index in [1.807, 2.05) is 0 Å². The summed E-state index contributed by atoms with van der Waals surface area (Å²) in [7, 11) is -1.96. The number of likely N-dealkylation sites (tertiary alicyclic amines) is 1. The van der Waals surface area contributed by atoms with E-state index in [1.165, 1.54) is 26.0 Å². The first kappa shape index (κ1) is 20.5. The van der Waals surface area contributed by atoms with E-state index in [1.54, 1.807) is 7.05 Å². The Hall–Kier alpha value is -2.20. The third-order valence-electron chi connectivity index (χ3n) is 5.16. The molecule has 0 aliphatic carbocycles. The Labute approximate surface area is 164 Å². The molecule has 10 heteroatoms. The summed E-state index contributed by atoms with van der Waals surface area (Å²) in [6, 6.07) is 1.40. The minimum Gasteiger partial charge on any atom is -0.351 e. The molecule has 0 aromatic carbocycles. The van der Waals surface area contributed by atoms with Crippen molar-refractivity contribution in [3.05, 3.63) is 18.0 Å². The number of nitrogens with one attached hydrogen (secondary N) is 1. The second-order valence-corrected chi connectivity index (χ2v) is 9.12. The molecule has 0 bridgehead atoms. The number of nitrogens with zero attached hydrogens (tertiary/aromatic N) is 3. The molecule has 1 aromatic rings. The van der Waals surface area contributed by atoms with Crippen LogP contribution in [-0.2, 0) is 26.7 Å². The van der Waals surface area contributed by atoms with Crippen molar-refractivity contribution in [2.24, 2.45) is 7.05 Å². The molecule has 3 heterocycles. The van der Waals surface area contributed by atoms with E-state index in [4.69, 9.17) is 0 Å². The number of imide groups is 1. The van der Waals surface area contributed by atoms with Gasteiger partial charge in [-0.15, -0.1) is 0 Å². The van der Waals surface area contributed by atoms with Gasteiger partial charge in [0.2, 0.25) is 21.8 Å². The molecule has 0 radical (unpaired) electrons. The average molecular weight is 410 g/mol. The summed E-state index contributed by atoms with van der Waals surface area (Å²) in [5.74, 6) is -0.737. The van der Waals surface area contributed by atoms with Crippen molar-refractivity contribution in [3.63, 3.8) is 0 Å². The molecular weight excluding hydrogens is 384 g/mol. The normalized spacial score (nSPS) is 18.7. The van der Waals surface area contributed by atoms with Gasteiger partial charge in [-0.25, -0.2) is 8.42 Å². The summed E-state index contributed by atoms with van der Waals surface area (Å²) in [5.41, 5.74) is 0.254. The lowest BCUT2D eigenvalue weighted by Gasteiger charge is -2.25. The van der Waals surface area contributed by atoms with Crippen LogP contribution in [-0.4, -0.2) is 66.1 Å². The van der Waals surface area contributed by atoms with Gasteiger partial charge in [0.25, 0.3) is 5.91 Å². The highest BCUT2D eigenvalue weighted by molar-refractivity contribution is 7.89. The molecule has 28 heavy (non-hydrogen) atoms. The predicted molar refractivity (Wildman–Crippen MR) is 101 cm³/mol. The fraction of sp³-hybridized carbons (Fsp3) is 0.611. The first-order chi connectivity index (χ1) is 13.3. The van der Waals surface area contributed by atoms with Crippen molar-refractivity contribution >= 4 is 27.7 Å². The highest BCUT2D eigenvalue weighted by Crippen LogP contribution is 2.22. The Bertz CT molecular complexity index is 855. The summed E-state index contributed by atoms with van der Waals surface area (Å²) in [6.45, 7) is 1.58. The van der Waals surface area contributed by atoms with Gasteiger partial charge in [0, 0.05) is 52.3 Å². The van der Waals surface area contributed by atoms with E-state index >= 15 is 0 Å². The molecule has 3 rings (SSSR count). The zero-order chi connectivity index (χ0) is 20.3. The van der Waals surface area contributed by atoms with Gasteiger partial charge in [0.1, 0.15) is 10.6 Å². The quantitative estimate of drug-likeness (QED) is 0.519. The molecule has 0 saturated carbocycles. The van der Waals surface area contributed by atoms with E-state index in [0.717, 1.165) is 19.3 Å². The maximum atomic E-state index is 12.8. The predicted octanol–water partition coefficient (Wildman–Crippen LogP) is 0.469. The number of carbonyl (C=O) groups excluding carboxylic acids is 3. The van der Waals surface area contributed by atoms with Crippen LogP contribution in [0.2, 0.25) is 0 Å². The molecule has 1 aromatic heterocycles. The lowest BCUT2D eigenvalue weighted by Crippen LogP contribution is -2.35. The maximum absolute atomic E-state index is 12.8. The average Bonchev–Trinajstić information content (AvgIpc) is 3.23. The molecule has 3 amide bonds. The van der Waals surface area contributed by atoms with E-state index in [9.17, 15) is 22.8 Å². The topological polar surface area (TPSA) is 109 Å². The summed E-state index contributed by atoms with van der Waals surface area (Å²) in [5, 5.41) is 2.72. The highest BCUT2D eigenvalue weighted by Gasteiger charge is 2.29. The number of piperidine rings is 1. The molecule has 2 fully saturated rings. The smallest absolute Gasteiger partial charge is 0.267 e. The number of carbonyl (C=O) groups is 3. The number of aryl methyl sites for hydroxylation is 1. The third kappa shape index (κ3) is 4.27. The molecule has 2 aliphatic heterocycles. The summed E-state index contributed by atoms with van der Waals surface area (Å²) >= 11 is 0. The highest BCUT2D eigenvalue weighted by atomic mass is 32.2. The van der Waals surface area contributed by atoms with E-state index < -0.39 is 10.0 Å². The van der Waals surface area contributed by atoms with Crippen molar-refractivity contribution in [3.8, 4) is 0 Å². The summed E-state index contributed by atoms with van der Waals surface area (Å²) < 4.78 is 28.5. The van der Waals surface area contributed by atoms with Crippen LogP contribution in [0.15, 0.2) is 17.2 Å².